The lowest BCUT2D eigenvalue weighted by Crippen LogP contribution is -2.27. The van der Waals surface area contributed by atoms with Crippen molar-refractivity contribution in [2.24, 2.45) is 0 Å². The van der Waals surface area contributed by atoms with Gasteiger partial charge in [-0.15, -0.1) is 0 Å². The molecule has 0 amide bonds. The number of allylic oxidation sites excluding steroid dienone is 5. The van der Waals surface area contributed by atoms with E-state index in [1.807, 2.05) is 19.9 Å². The molecule has 25 heavy (non-hydrogen) atoms. The summed E-state index contributed by atoms with van der Waals surface area (Å²) >= 11 is 0. The topological polar surface area (TPSA) is 25.2 Å². The summed E-state index contributed by atoms with van der Waals surface area (Å²) in [5.74, 6) is -0.0146. The number of hydrogen-bond acceptors (Lipinski definition) is 2. The van der Waals surface area contributed by atoms with Crippen LogP contribution in [-0.2, 0) is 6.54 Å². The number of nitrogens with zero attached hydrogens (tertiary/aromatic N) is 2. The Bertz CT molecular complexity index is 687. The van der Waals surface area contributed by atoms with Gasteiger partial charge in [0.2, 0.25) is 0 Å². The summed E-state index contributed by atoms with van der Waals surface area (Å²) < 4.78 is 15.1. The van der Waals surface area contributed by atoms with Crippen LogP contribution in [0.2, 0.25) is 0 Å². The van der Waals surface area contributed by atoms with Gasteiger partial charge in [0.05, 0.1) is 12.4 Å². The normalized spacial score (nSPS) is 16.5. The van der Waals surface area contributed by atoms with Gasteiger partial charge in [-0.3, -0.25) is 9.69 Å². The molecule has 3 nitrogen and oxygen atoms in total. The van der Waals surface area contributed by atoms with Gasteiger partial charge >= 0.3 is 0 Å². The highest BCUT2D eigenvalue weighted by atomic mass is 19.1. The lowest BCUT2D eigenvalue weighted by molar-refractivity contribution is 0.0944. The van der Waals surface area contributed by atoms with Crippen molar-refractivity contribution in [2.45, 2.75) is 46.6 Å². The second-order valence-electron chi connectivity index (χ2n) is 6.79. The first-order valence-corrected chi connectivity index (χ1v) is 9.00. The highest BCUT2D eigenvalue weighted by Crippen LogP contribution is 2.19. The lowest BCUT2D eigenvalue weighted by Gasteiger charge is -2.14. The largest absolute Gasteiger partial charge is 0.348 e. The molecule has 0 radical (unpaired) electrons. The van der Waals surface area contributed by atoms with Gasteiger partial charge in [-0.2, -0.15) is 0 Å². The van der Waals surface area contributed by atoms with Gasteiger partial charge in [0.15, 0.2) is 5.78 Å². The van der Waals surface area contributed by atoms with Gasteiger partial charge in [-0.05, 0) is 70.8 Å². The van der Waals surface area contributed by atoms with Gasteiger partial charge < -0.3 is 4.57 Å². The SMILES string of the molecule is C=C/C(=C\C=C(/C)F)CCn1c(C)cc(C(=O)CN2CCCC2)c1C. The van der Waals surface area contributed by atoms with Gasteiger partial charge in [-0.1, -0.05) is 18.7 Å². The Balaban J connectivity index is 2.07. The zero-order chi connectivity index (χ0) is 18.4. The average Bonchev–Trinajstić information content (AvgIpc) is 3.16. The van der Waals surface area contributed by atoms with E-state index in [4.69, 9.17) is 0 Å². The molecule has 0 aliphatic carbocycles. The van der Waals surface area contributed by atoms with E-state index in [2.05, 4.69) is 16.0 Å². The molecule has 2 rings (SSSR count). The van der Waals surface area contributed by atoms with E-state index >= 15 is 0 Å². The van der Waals surface area contributed by atoms with Crippen LogP contribution >= 0.6 is 0 Å². The van der Waals surface area contributed by atoms with Crippen LogP contribution in [0.25, 0.3) is 0 Å². The Labute approximate surface area is 150 Å². The van der Waals surface area contributed by atoms with E-state index in [9.17, 15) is 9.18 Å². The number of carbonyl (C=O) groups is 1. The molecule has 0 N–H and O–H groups in total. The molecule has 1 aromatic rings. The highest BCUT2D eigenvalue weighted by molar-refractivity contribution is 5.99. The van der Waals surface area contributed by atoms with Crippen LogP contribution in [-0.4, -0.2) is 34.9 Å². The Morgan fingerprint density at radius 1 is 1.28 bits per heavy atom. The van der Waals surface area contributed by atoms with E-state index in [1.165, 1.54) is 25.8 Å². The van der Waals surface area contributed by atoms with Crippen LogP contribution in [0.5, 0.6) is 0 Å². The summed E-state index contributed by atoms with van der Waals surface area (Å²) in [6.07, 6.45) is 8.11. The molecule has 1 aromatic heterocycles. The fraction of sp³-hybridized carbons (Fsp3) is 0.476. The van der Waals surface area contributed by atoms with Crippen molar-refractivity contribution >= 4 is 5.78 Å². The van der Waals surface area contributed by atoms with Crippen molar-refractivity contribution in [3.8, 4) is 0 Å². The molecule has 0 spiro atoms. The van der Waals surface area contributed by atoms with Gasteiger partial charge in [0, 0.05) is 23.5 Å². The molecular weight excluding hydrogens is 315 g/mol. The summed E-state index contributed by atoms with van der Waals surface area (Å²) in [6, 6.07) is 2.00. The van der Waals surface area contributed by atoms with Gasteiger partial charge in [-0.25, -0.2) is 4.39 Å². The van der Waals surface area contributed by atoms with Crippen molar-refractivity contribution in [2.75, 3.05) is 19.6 Å². The van der Waals surface area contributed by atoms with E-state index in [-0.39, 0.29) is 11.6 Å². The fourth-order valence-electron chi connectivity index (χ4n) is 3.37. The number of carbonyl (C=O) groups excluding carboxylic acids is 1. The van der Waals surface area contributed by atoms with E-state index in [0.717, 1.165) is 48.6 Å². The molecule has 2 heterocycles. The van der Waals surface area contributed by atoms with Crippen LogP contribution in [0, 0.1) is 13.8 Å². The summed E-state index contributed by atoms with van der Waals surface area (Å²) in [4.78, 5) is 14.9. The summed E-state index contributed by atoms with van der Waals surface area (Å²) in [7, 11) is 0. The van der Waals surface area contributed by atoms with Crippen molar-refractivity contribution in [3.63, 3.8) is 0 Å². The first kappa shape index (κ1) is 19.4. The number of rotatable bonds is 8. The summed E-state index contributed by atoms with van der Waals surface area (Å²) in [5, 5.41) is 0. The number of ketones is 1. The lowest BCUT2D eigenvalue weighted by atomic mass is 10.1. The minimum absolute atomic E-state index is 0.205. The zero-order valence-corrected chi connectivity index (χ0v) is 15.6. The van der Waals surface area contributed by atoms with Crippen LogP contribution < -0.4 is 0 Å². The van der Waals surface area contributed by atoms with E-state index in [1.54, 1.807) is 12.2 Å². The molecule has 0 aromatic carbocycles. The maximum absolute atomic E-state index is 12.9. The second kappa shape index (κ2) is 8.95. The molecule has 4 heteroatoms. The number of hydrogen-bond donors (Lipinski definition) is 0. The third-order valence-corrected chi connectivity index (χ3v) is 4.85. The van der Waals surface area contributed by atoms with Crippen LogP contribution in [0.1, 0.15) is 47.9 Å². The standard InChI is InChI=1S/C21H29FN2O/c1-5-19(9-8-16(2)22)10-13-24-17(3)14-20(18(24)4)21(25)15-23-11-6-7-12-23/h5,8-9,14H,1,6-7,10-13,15H2,2-4H3/b16-8+,19-9+. The van der Waals surface area contributed by atoms with Crippen LogP contribution in [0.15, 0.2) is 42.3 Å². The molecule has 136 valence electrons. The van der Waals surface area contributed by atoms with Crippen molar-refractivity contribution in [3.05, 3.63) is 59.2 Å². The fourth-order valence-corrected chi connectivity index (χ4v) is 3.37. The summed E-state index contributed by atoms with van der Waals surface area (Å²) in [5.41, 5.74) is 3.91. The minimum Gasteiger partial charge on any atom is -0.348 e. The maximum atomic E-state index is 12.9. The molecule has 0 unspecified atom stereocenters. The molecular formula is C21H29FN2O. The number of likely N-dealkylation sites (tertiary alicyclic amines) is 1. The highest BCUT2D eigenvalue weighted by Gasteiger charge is 2.20. The third kappa shape index (κ3) is 5.27. The number of aromatic nitrogens is 1. The van der Waals surface area contributed by atoms with Crippen LogP contribution in [0.4, 0.5) is 4.39 Å². The predicted octanol–water partition coefficient (Wildman–Crippen LogP) is 4.76. The molecule has 1 fully saturated rings. The Hall–Kier alpha value is -1.94. The van der Waals surface area contributed by atoms with Crippen molar-refractivity contribution < 1.29 is 9.18 Å². The number of Topliss-reactive ketones (excluding diaryl/α,β-unsaturated/α-hetero) is 1. The average molecular weight is 344 g/mol. The van der Waals surface area contributed by atoms with Gasteiger partial charge in [0.1, 0.15) is 0 Å². The van der Waals surface area contributed by atoms with Gasteiger partial charge in [0.25, 0.3) is 0 Å². The minimum atomic E-state index is -0.220. The monoisotopic (exact) mass is 344 g/mol. The second-order valence-corrected chi connectivity index (χ2v) is 6.79. The van der Waals surface area contributed by atoms with Crippen LogP contribution in [0.3, 0.4) is 0 Å². The number of halogens is 1. The first-order valence-electron chi connectivity index (χ1n) is 9.00. The van der Waals surface area contributed by atoms with E-state index < -0.39 is 0 Å². The smallest absolute Gasteiger partial charge is 0.178 e. The Morgan fingerprint density at radius 2 is 1.96 bits per heavy atom. The quantitative estimate of drug-likeness (QED) is 0.502. The van der Waals surface area contributed by atoms with Crippen molar-refractivity contribution in [1.29, 1.82) is 0 Å². The Morgan fingerprint density at radius 3 is 2.56 bits per heavy atom. The maximum Gasteiger partial charge on any atom is 0.178 e. The molecule has 0 saturated carbocycles. The van der Waals surface area contributed by atoms with E-state index in [0.29, 0.717) is 6.54 Å². The molecule has 0 atom stereocenters. The molecule has 0 bridgehead atoms. The molecule has 1 aliphatic rings. The van der Waals surface area contributed by atoms with Crippen molar-refractivity contribution in [1.82, 2.24) is 9.47 Å². The predicted molar refractivity (Wildman–Crippen MR) is 102 cm³/mol. The first-order chi connectivity index (χ1) is 11.9. The summed E-state index contributed by atoms with van der Waals surface area (Å²) in [6.45, 7) is 12.6. The third-order valence-electron chi connectivity index (χ3n) is 4.85. The molecule has 1 saturated heterocycles. The molecule has 1 aliphatic heterocycles. The zero-order valence-electron chi connectivity index (χ0n) is 15.6. The number of aryl methyl sites for hydroxylation is 1. The Kier molecular flexibility index (Phi) is 6.94.